The number of rotatable bonds is 7. The fourth-order valence-electron chi connectivity index (χ4n) is 2.32. The number of imidazole rings is 1. The molecule has 2 aromatic rings. The number of benzene rings is 1. The van der Waals surface area contributed by atoms with Crippen LogP contribution >= 0.6 is 0 Å². The summed E-state index contributed by atoms with van der Waals surface area (Å²) in [7, 11) is 0. The molecule has 0 fully saturated rings. The van der Waals surface area contributed by atoms with E-state index in [1.807, 2.05) is 42.8 Å². The molecule has 0 aliphatic heterocycles. The topological polar surface area (TPSA) is 46.9 Å². The van der Waals surface area contributed by atoms with E-state index in [0.29, 0.717) is 0 Å². The first-order valence-electron chi connectivity index (χ1n) is 7.61. The molecule has 0 aliphatic rings. The van der Waals surface area contributed by atoms with Crippen molar-refractivity contribution in [3.63, 3.8) is 0 Å². The van der Waals surface area contributed by atoms with Gasteiger partial charge < -0.3 is 9.88 Å². The maximum Gasteiger partial charge on any atom is 0.244 e. The maximum absolute atomic E-state index is 12.0. The molecule has 1 amide bonds. The SMILES string of the molecule is CC(=CC(=O)NC(C)Cn1ccnc1)CCc1ccccc1. The normalized spacial score (nSPS) is 12.9. The minimum Gasteiger partial charge on any atom is -0.348 e. The number of amides is 1. The van der Waals surface area contributed by atoms with Crippen LogP contribution in [0.5, 0.6) is 0 Å². The van der Waals surface area contributed by atoms with Crippen LogP contribution in [-0.2, 0) is 17.8 Å². The fraction of sp³-hybridized carbons (Fsp3) is 0.333. The van der Waals surface area contributed by atoms with Crippen LogP contribution in [0, 0.1) is 0 Å². The number of nitrogens with zero attached hydrogens (tertiary/aromatic N) is 2. The van der Waals surface area contributed by atoms with Crippen molar-refractivity contribution in [2.24, 2.45) is 0 Å². The van der Waals surface area contributed by atoms with Crippen molar-refractivity contribution in [2.45, 2.75) is 39.3 Å². The molecule has 1 aromatic carbocycles. The number of nitrogens with one attached hydrogen (secondary N) is 1. The number of carbonyl (C=O) groups is 1. The van der Waals surface area contributed by atoms with Gasteiger partial charge in [0.05, 0.1) is 6.33 Å². The van der Waals surface area contributed by atoms with Gasteiger partial charge >= 0.3 is 0 Å². The average Bonchev–Trinajstić information content (AvgIpc) is 2.98. The summed E-state index contributed by atoms with van der Waals surface area (Å²) >= 11 is 0. The Morgan fingerprint density at radius 2 is 2.14 bits per heavy atom. The lowest BCUT2D eigenvalue weighted by Gasteiger charge is -2.13. The molecule has 0 spiro atoms. The van der Waals surface area contributed by atoms with Crippen molar-refractivity contribution in [2.75, 3.05) is 0 Å². The number of hydrogen-bond acceptors (Lipinski definition) is 2. The molecule has 4 heteroatoms. The minimum absolute atomic E-state index is 0.0295. The molecule has 0 radical (unpaired) electrons. The highest BCUT2D eigenvalue weighted by Crippen LogP contribution is 2.08. The molecule has 1 heterocycles. The molecule has 116 valence electrons. The third-order valence-corrected chi connectivity index (χ3v) is 3.46. The predicted octanol–water partition coefficient (Wildman–Crippen LogP) is 2.97. The molecule has 1 aromatic heterocycles. The van der Waals surface area contributed by atoms with Gasteiger partial charge in [0, 0.05) is 31.1 Å². The van der Waals surface area contributed by atoms with Crippen LogP contribution in [-0.4, -0.2) is 21.5 Å². The number of allylic oxidation sites excluding steroid dienone is 1. The fourth-order valence-corrected chi connectivity index (χ4v) is 2.32. The quantitative estimate of drug-likeness (QED) is 0.799. The molecule has 1 N–H and O–H groups in total. The third kappa shape index (κ3) is 5.56. The lowest BCUT2D eigenvalue weighted by Crippen LogP contribution is -2.34. The number of aromatic nitrogens is 2. The summed E-state index contributed by atoms with van der Waals surface area (Å²) in [6.45, 7) is 4.72. The molecular formula is C18H23N3O. The van der Waals surface area contributed by atoms with Crippen LogP contribution in [0.1, 0.15) is 25.8 Å². The number of carbonyl (C=O) groups excluding carboxylic acids is 1. The van der Waals surface area contributed by atoms with Gasteiger partial charge in [0.1, 0.15) is 0 Å². The van der Waals surface area contributed by atoms with Gasteiger partial charge in [-0.25, -0.2) is 4.98 Å². The first-order valence-corrected chi connectivity index (χ1v) is 7.61. The van der Waals surface area contributed by atoms with E-state index < -0.39 is 0 Å². The van der Waals surface area contributed by atoms with E-state index >= 15 is 0 Å². The molecular weight excluding hydrogens is 274 g/mol. The Morgan fingerprint density at radius 1 is 1.36 bits per heavy atom. The van der Waals surface area contributed by atoms with Gasteiger partial charge in [-0.05, 0) is 32.3 Å². The van der Waals surface area contributed by atoms with Crippen molar-refractivity contribution in [3.05, 3.63) is 66.3 Å². The molecule has 22 heavy (non-hydrogen) atoms. The molecule has 2 rings (SSSR count). The van der Waals surface area contributed by atoms with Crippen molar-refractivity contribution in [3.8, 4) is 0 Å². The second-order valence-corrected chi connectivity index (χ2v) is 5.65. The van der Waals surface area contributed by atoms with Gasteiger partial charge in [-0.1, -0.05) is 35.9 Å². The summed E-state index contributed by atoms with van der Waals surface area (Å²) < 4.78 is 1.96. The highest BCUT2D eigenvalue weighted by Gasteiger charge is 2.06. The van der Waals surface area contributed by atoms with Crippen LogP contribution in [0.25, 0.3) is 0 Å². The van der Waals surface area contributed by atoms with E-state index in [-0.39, 0.29) is 11.9 Å². The van der Waals surface area contributed by atoms with Crippen molar-refractivity contribution in [1.82, 2.24) is 14.9 Å². The molecule has 4 nitrogen and oxygen atoms in total. The number of aryl methyl sites for hydroxylation is 1. The first kappa shape index (κ1) is 16.0. The summed E-state index contributed by atoms with van der Waals surface area (Å²) in [4.78, 5) is 16.0. The van der Waals surface area contributed by atoms with Gasteiger partial charge in [-0.15, -0.1) is 0 Å². The van der Waals surface area contributed by atoms with Crippen molar-refractivity contribution >= 4 is 5.91 Å². The van der Waals surface area contributed by atoms with E-state index in [1.54, 1.807) is 18.6 Å². The molecule has 0 saturated heterocycles. The predicted molar refractivity (Wildman–Crippen MR) is 88.4 cm³/mol. The largest absolute Gasteiger partial charge is 0.348 e. The van der Waals surface area contributed by atoms with E-state index in [1.165, 1.54) is 5.56 Å². The summed E-state index contributed by atoms with van der Waals surface area (Å²) in [5.74, 6) is -0.0295. The molecule has 0 aliphatic carbocycles. The summed E-state index contributed by atoms with van der Waals surface area (Å²) in [5, 5.41) is 2.98. The van der Waals surface area contributed by atoms with Crippen LogP contribution in [0.3, 0.4) is 0 Å². The smallest absolute Gasteiger partial charge is 0.244 e. The monoisotopic (exact) mass is 297 g/mol. The Kier molecular flexibility index (Phi) is 5.95. The zero-order valence-electron chi connectivity index (χ0n) is 13.2. The Morgan fingerprint density at radius 3 is 2.82 bits per heavy atom. The Labute approximate surface area is 131 Å². The minimum atomic E-state index is -0.0295. The van der Waals surface area contributed by atoms with Gasteiger partial charge in [0.15, 0.2) is 0 Å². The van der Waals surface area contributed by atoms with Gasteiger partial charge in [-0.3, -0.25) is 4.79 Å². The third-order valence-electron chi connectivity index (χ3n) is 3.46. The number of hydrogen-bond donors (Lipinski definition) is 1. The Balaban J connectivity index is 1.76. The van der Waals surface area contributed by atoms with E-state index in [2.05, 4.69) is 22.4 Å². The second kappa shape index (κ2) is 8.17. The van der Waals surface area contributed by atoms with Crippen molar-refractivity contribution in [1.29, 1.82) is 0 Å². The highest BCUT2D eigenvalue weighted by molar-refractivity contribution is 5.88. The van der Waals surface area contributed by atoms with Crippen molar-refractivity contribution < 1.29 is 4.79 Å². The van der Waals surface area contributed by atoms with Gasteiger partial charge in [0.2, 0.25) is 5.91 Å². The molecule has 1 unspecified atom stereocenters. The van der Waals surface area contributed by atoms with E-state index in [4.69, 9.17) is 0 Å². The van der Waals surface area contributed by atoms with Crippen LogP contribution in [0.2, 0.25) is 0 Å². The summed E-state index contributed by atoms with van der Waals surface area (Å²) in [5.41, 5.74) is 2.39. The zero-order valence-corrected chi connectivity index (χ0v) is 13.2. The van der Waals surface area contributed by atoms with Gasteiger partial charge in [0.25, 0.3) is 0 Å². The van der Waals surface area contributed by atoms with E-state index in [9.17, 15) is 4.79 Å². The second-order valence-electron chi connectivity index (χ2n) is 5.65. The Hall–Kier alpha value is -2.36. The maximum atomic E-state index is 12.0. The van der Waals surface area contributed by atoms with Crippen LogP contribution in [0.15, 0.2) is 60.7 Å². The van der Waals surface area contributed by atoms with E-state index in [0.717, 1.165) is 25.0 Å². The first-order chi connectivity index (χ1) is 10.6. The lowest BCUT2D eigenvalue weighted by atomic mass is 10.1. The standard InChI is InChI=1S/C18H23N3O/c1-15(8-9-17-6-4-3-5-7-17)12-18(22)20-16(2)13-21-11-10-19-14-21/h3-7,10-12,14,16H,8-9,13H2,1-2H3,(H,20,22). The summed E-state index contributed by atoms with van der Waals surface area (Å²) in [6, 6.07) is 10.4. The molecule has 0 saturated carbocycles. The zero-order chi connectivity index (χ0) is 15.8. The molecule has 1 atom stereocenters. The lowest BCUT2D eigenvalue weighted by molar-refractivity contribution is -0.117. The van der Waals surface area contributed by atoms with Crippen LogP contribution in [0.4, 0.5) is 0 Å². The van der Waals surface area contributed by atoms with Gasteiger partial charge in [-0.2, -0.15) is 0 Å². The highest BCUT2D eigenvalue weighted by atomic mass is 16.1. The Bertz CT molecular complexity index is 603. The summed E-state index contributed by atoms with van der Waals surface area (Å²) in [6.07, 6.45) is 8.94. The van der Waals surface area contributed by atoms with Crippen LogP contribution < -0.4 is 5.32 Å². The molecule has 0 bridgehead atoms. The average molecular weight is 297 g/mol.